The van der Waals surface area contributed by atoms with Crippen LogP contribution in [0.4, 0.5) is 0 Å². The van der Waals surface area contributed by atoms with Gasteiger partial charge in [0.2, 0.25) is 5.91 Å². The number of likely N-dealkylation sites (tertiary alicyclic amines) is 1. The predicted molar refractivity (Wildman–Crippen MR) is 88.1 cm³/mol. The Kier molecular flexibility index (Phi) is 7.09. The molecule has 2 atom stereocenters. The Morgan fingerprint density at radius 1 is 1.30 bits per heavy atom. The van der Waals surface area contributed by atoms with E-state index >= 15 is 0 Å². The van der Waals surface area contributed by atoms with Crippen LogP contribution in [0.5, 0.6) is 0 Å². The summed E-state index contributed by atoms with van der Waals surface area (Å²) in [5, 5.41) is 9.44. The maximum absolute atomic E-state index is 12.4. The summed E-state index contributed by atoms with van der Waals surface area (Å²) in [4.78, 5) is 25.7. The quantitative estimate of drug-likeness (QED) is 0.523. The van der Waals surface area contributed by atoms with E-state index < -0.39 is 11.9 Å². The molecule has 1 aliphatic heterocycles. The molecule has 2 fully saturated rings. The van der Waals surface area contributed by atoms with E-state index in [0.717, 1.165) is 44.9 Å². The fraction of sp³-hybridized carbons (Fsp3) is 0.778. The Morgan fingerprint density at radius 3 is 2.70 bits per heavy atom. The summed E-state index contributed by atoms with van der Waals surface area (Å²) in [5.41, 5.74) is 0. The van der Waals surface area contributed by atoms with E-state index in [2.05, 4.69) is 6.58 Å². The fourth-order valence-electron chi connectivity index (χ4n) is 3.70. The number of carboxylic acids is 1. The van der Waals surface area contributed by atoms with Gasteiger partial charge in [0.05, 0.1) is 12.0 Å². The number of amides is 1. The van der Waals surface area contributed by atoms with E-state index in [4.69, 9.17) is 4.74 Å². The van der Waals surface area contributed by atoms with Gasteiger partial charge in [0, 0.05) is 26.1 Å². The lowest BCUT2D eigenvalue weighted by molar-refractivity contribution is -0.147. The van der Waals surface area contributed by atoms with Crippen molar-refractivity contribution in [1.29, 1.82) is 0 Å². The van der Waals surface area contributed by atoms with Crippen LogP contribution in [-0.4, -0.2) is 47.7 Å². The summed E-state index contributed by atoms with van der Waals surface area (Å²) in [7, 11) is 0. The molecule has 23 heavy (non-hydrogen) atoms. The maximum atomic E-state index is 12.4. The van der Waals surface area contributed by atoms with E-state index in [-0.39, 0.29) is 24.3 Å². The van der Waals surface area contributed by atoms with Crippen molar-refractivity contribution < 1.29 is 19.4 Å². The molecule has 1 heterocycles. The van der Waals surface area contributed by atoms with Crippen molar-refractivity contribution in [2.24, 2.45) is 11.8 Å². The van der Waals surface area contributed by atoms with Gasteiger partial charge in [-0.3, -0.25) is 9.59 Å². The molecular formula is C18H29NO4. The highest BCUT2D eigenvalue weighted by Gasteiger charge is 2.35. The van der Waals surface area contributed by atoms with E-state index in [1.165, 1.54) is 0 Å². The molecule has 5 heteroatoms. The highest BCUT2D eigenvalue weighted by molar-refractivity contribution is 5.82. The van der Waals surface area contributed by atoms with E-state index in [0.29, 0.717) is 19.7 Å². The van der Waals surface area contributed by atoms with Crippen LogP contribution in [-0.2, 0) is 14.3 Å². The largest absolute Gasteiger partial charge is 0.481 e. The number of hydrogen-bond acceptors (Lipinski definition) is 3. The van der Waals surface area contributed by atoms with E-state index in [9.17, 15) is 14.7 Å². The molecule has 5 nitrogen and oxygen atoms in total. The summed E-state index contributed by atoms with van der Waals surface area (Å²) in [5.74, 6) is -1.19. The van der Waals surface area contributed by atoms with Crippen LogP contribution in [0.15, 0.2) is 12.7 Å². The SMILES string of the molecule is C=CCCCO[C@@H]1CCN(C(=O)C[C@H](C(=O)O)C2CCCC2)C1. The minimum absolute atomic E-state index is 0.0264. The number of carbonyl (C=O) groups is 2. The van der Waals surface area contributed by atoms with Gasteiger partial charge in [-0.25, -0.2) is 0 Å². The third-order valence-electron chi connectivity index (χ3n) is 5.08. The Labute approximate surface area is 138 Å². The van der Waals surface area contributed by atoms with Crippen molar-refractivity contribution in [3.63, 3.8) is 0 Å². The van der Waals surface area contributed by atoms with Crippen LogP contribution in [0.25, 0.3) is 0 Å². The van der Waals surface area contributed by atoms with Crippen molar-refractivity contribution in [2.45, 2.75) is 57.5 Å². The smallest absolute Gasteiger partial charge is 0.307 e. The number of hydrogen-bond donors (Lipinski definition) is 1. The Hall–Kier alpha value is -1.36. The zero-order chi connectivity index (χ0) is 16.7. The van der Waals surface area contributed by atoms with E-state index in [1.807, 2.05) is 6.08 Å². The molecule has 0 unspecified atom stereocenters. The molecular weight excluding hydrogens is 294 g/mol. The molecule has 130 valence electrons. The molecule has 2 rings (SSSR count). The van der Waals surface area contributed by atoms with Crippen LogP contribution in [0.3, 0.4) is 0 Å². The third-order valence-corrected chi connectivity index (χ3v) is 5.08. The number of carbonyl (C=O) groups excluding carboxylic acids is 1. The van der Waals surface area contributed by atoms with Gasteiger partial charge in [0.25, 0.3) is 0 Å². The topological polar surface area (TPSA) is 66.8 Å². The molecule has 0 aromatic heterocycles. The summed E-state index contributed by atoms with van der Waals surface area (Å²) in [6, 6.07) is 0. The molecule has 1 saturated carbocycles. The van der Waals surface area contributed by atoms with Crippen LogP contribution < -0.4 is 0 Å². The van der Waals surface area contributed by atoms with Gasteiger partial charge < -0.3 is 14.7 Å². The Balaban J connectivity index is 1.76. The highest BCUT2D eigenvalue weighted by Crippen LogP contribution is 2.34. The molecule has 1 aliphatic carbocycles. The first-order chi connectivity index (χ1) is 11.1. The van der Waals surface area contributed by atoms with Crippen molar-refractivity contribution in [3.8, 4) is 0 Å². The molecule has 0 radical (unpaired) electrons. The van der Waals surface area contributed by atoms with Crippen molar-refractivity contribution >= 4 is 11.9 Å². The molecule has 1 amide bonds. The van der Waals surface area contributed by atoms with Gasteiger partial charge in [-0.2, -0.15) is 0 Å². The minimum Gasteiger partial charge on any atom is -0.481 e. The first-order valence-electron chi connectivity index (χ1n) is 8.85. The number of carboxylic acid groups (broad SMARTS) is 1. The zero-order valence-electron chi connectivity index (χ0n) is 13.9. The summed E-state index contributed by atoms with van der Waals surface area (Å²) >= 11 is 0. The first kappa shape index (κ1) is 18.0. The van der Waals surface area contributed by atoms with Crippen molar-refractivity contribution in [1.82, 2.24) is 4.90 Å². The molecule has 1 N–H and O–H groups in total. The number of nitrogens with zero attached hydrogens (tertiary/aromatic N) is 1. The van der Waals surface area contributed by atoms with Crippen LogP contribution in [0.1, 0.15) is 51.4 Å². The predicted octanol–water partition coefficient (Wildman–Crippen LogP) is 2.85. The summed E-state index contributed by atoms with van der Waals surface area (Å²) < 4.78 is 5.78. The summed E-state index contributed by atoms with van der Waals surface area (Å²) in [6.07, 6.45) is 8.93. The lowest BCUT2D eigenvalue weighted by Crippen LogP contribution is -2.34. The minimum atomic E-state index is -0.818. The second kappa shape index (κ2) is 9.06. The van der Waals surface area contributed by atoms with Crippen LogP contribution in [0.2, 0.25) is 0 Å². The first-order valence-corrected chi connectivity index (χ1v) is 8.85. The molecule has 0 bridgehead atoms. The third kappa shape index (κ3) is 5.34. The Morgan fingerprint density at radius 2 is 2.04 bits per heavy atom. The van der Waals surface area contributed by atoms with E-state index in [1.54, 1.807) is 4.90 Å². The van der Waals surface area contributed by atoms with Crippen molar-refractivity contribution in [2.75, 3.05) is 19.7 Å². The number of allylic oxidation sites excluding steroid dienone is 1. The number of aliphatic carboxylic acids is 1. The molecule has 1 saturated heterocycles. The average Bonchev–Trinajstić information content (AvgIpc) is 3.20. The van der Waals surface area contributed by atoms with Gasteiger partial charge >= 0.3 is 5.97 Å². The van der Waals surface area contributed by atoms with Gasteiger partial charge in [0.1, 0.15) is 0 Å². The summed E-state index contributed by atoms with van der Waals surface area (Å²) in [6.45, 7) is 5.66. The molecule has 0 aromatic rings. The zero-order valence-corrected chi connectivity index (χ0v) is 13.9. The van der Waals surface area contributed by atoms with Crippen LogP contribution in [0, 0.1) is 11.8 Å². The monoisotopic (exact) mass is 323 g/mol. The standard InChI is InChI=1S/C18H29NO4/c1-2-3-6-11-23-15-9-10-19(13-15)17(20)12-16(18(21)22)14-7-4-5-8-14/h2,14-16H,1,3-13H2,(H,21,22)/t15-,16+/m1/s1. The maximum Gasteiger partial charge on any atom is 0.307 e. The normalized spacial score (nSPS) is 23.1. The molecule has 0 aromatic carbocycles. The molecule has 2 aliphatic rings. The fourth-order valence-corrected chi connectivity index (χ4v) is 3.70. The number of rotatable bonds is 9. The average molecular weight is 323 g/mol. The second-order valence-electron chi connectivity index (χ2n) is 6.75. The van der Waals surface area contributed by atoms with Gasteiger partial charge in [0.15, 0.2) is 0 Å². The van der Waals surface area contributed by atoms with Gasteiger partial charge in [-0.15, -0.1) is 6.58 Å². The van der Waals surface area contributed by atoms with Gasteiger partial charge in [-0.1, -0.05) is 18.9 Å². The lowest BCUT2D eigenvalue weighted by atomic mass is 9.88. The van der Waals surface area contributed by atoms with Crippen LogP contribution >= 0.6 is 0 Å². The lowest BCUT2D eigenvalue weighted by Gasteiger charge is -2.22. The van der Waals surface area contributed by atoms with Crippen molar-refractivity contribution in [3.05, 3.63) is 12.7 Å². The Bertz CT molecular complexity index is 417. The number of unbranched alkanes of at least 4 members (excludes halogenated alkanes) is 1. The molecule has 0 spiro atoms. The second-order valence-corrected chi connectivity index (χ2v) is 6.75. The number of ether oxygens (including phenoxy) is 1. The van der Waals surface area contributed by atoms with Gasteiger partial charge in [-0.05, 0) is 38.0 Å². The highest BCUT2D eigenvalue weighted by atomic mass is 16.5.